The van der Waals surface area contributed by atoms with Crippen LogP contribution in [-0.4, -0.2) is 75.0 Å². The quantitative estimate of drug-likeness (QED) is 0.207. The molecule has 0 saturated heterocycles. The average Bonchev–Trinajstić information content (AvgIpc) is 2.49. The van der Waals surface area contributed by atoms with E-state index in [1.165, 1.54) is 64.2 Å². The van der Waals surface area contributed by atoms with Crippen molar-refractivity contribution in [1.82, 2.24) is 0 Å². The molecule has 0 aliphatic carbocycles. The van der Waals surface area contributed by atoms with Gasteiger partial charge in [0.05, 0.1) is 6.61 Å². The van der Waals surface area contributed by atoms with Gasteiger partial charge in [0.1, 0.15) is 0 Å². The van der Waals surface area contributed by atoms with Crippen molar-refractivity contribution in [3.05, 3.63) is 12.2 Å². The van der Waals surface area contributed by atoms with E-state index >= 15 is 0 Å². The molecule has 0 aromatic carbocycles. The van der Waals surface area contributed by atoms with E-state index in [2.05, 4.69) is 6.92 Å². The molecular formula is C18H33KO4. The fourth-order valence-corrected chi connectivity index (χ4v) is 2.30. The van der Waals surface area contributed by atoms with Gasteiger partial charge < -0.3 is 9.84 Å². The van der Waals surface area contributed by atoms with Crippen LogP contribution in [-0.2, 0) is 14.3 Å². The molecule has 0 aliphatic heterocycles. The van der Waals surface area contributed by atoms with E-state index in [0.29, 0.717) is 6.61 Å². The van der Waals surface area contributed by atoms with Gasteiger partial charge in [0.25, 0.3) is 0 Å². The summed E-state index contributed by atoms with van der Waals surface area (Å²) in [6.45, 7) is 2.62. The van der Waals surface area contributed by atoms with Crippen LogP contribution < -0.4 is 0 Å². The van der Waals surface area contributed by atoms with Gasteiger partial charge in [-0.2, -0.15) is 0 Å². The van der Waals surface area contributed by atoms with Crippen molar-refractivity contribution in [1.29, 1.82) is 0 Å². The number of ether oxygens (including phenoxy) is 1. The van der Waals surface area contributed by atoms with Crippen molar-refractivity contribution in [3.63, 3.8) is 0 Å². The van der Waals surface area contributed by atoms with Gasteiger partial charge in [0.15, 0.2) is 0 Å². The number of carboxylic acids is 1. The van der Waals surface area contributed by atoms with Crippen LogP contribution in [0.25, 0.3) is 0 Å². The van der Waals surface area contributed by atoms with Crippen LogP contribution in [0.5, 0.6) is 0 Å². The molecule has 4 nitrogen and oxygen atoms in total. The van der Waals surface area contributed by atoms with Crippen molar-refractivity contribution >= 4 is 63.3 Å². The predicted molar refractivity (Wildman–Crippen MR) is 96.0 cm³/mol. The molecule has 0 aliphatic rings. The number of esters is 1. The Balaban J connectivity index is 0. The van der Waals surface area contributed by atoms with Crippen molar-refractivity contribution in [2.24, 2.45) is 0 Å². The Morgan fingerprint density at radius 2 is 1.22 bits per heavy atom. The molecule has 0 amide bonds. The molecule has 0 heterocycles. The van der Waals surface area contributed by atoms with Crippen LogP contribution >= 0.6 is 0 Å². The SMILES string of the molecule is CCCCCCCCCCCCCCOC(=O)/C=C/C(=O)O.[KH]. The summed E-state index contributed by atoms with van der Waals surface area (Å²) in [6, 6.07) is 0. The molecule has 5 heteroatoms. The van der Waals surface area contributed by atoms with E-state index in [0.717, 1.165) is 25.0 Å². The summed E-state index contributed by atoms with van der Waals surface area (Å²) < 4.78 is 4.90. The molecule has 0 radical (unpaired) electrons. The Morgan fingerprint density at radius 1 is 0.783 bits per heavy atom. The first kappa shape index (κ1) is 25.6. The third-order valence-corrected chi connectivity index (χ3v) is 3.60. The first-order valence-corrected chi connectivity index (χ1v) is 8.74. The molecule has 0 bridgehead atoms. The van der Waals surface area contributed by atoms with Gasteiger partial charge >= 0.3 is 63.3 Å². The predicted octanol–water partition coefficient (Wildman–Crippen LogP) is 4.22. The third-order valence-electron chi connectivity index (χ3n) is 3.60. The summed E-state index contributed by atoms with van der Waals surface area (Å²) >= 11 is 0. The van der Waals surface area contributed by atoms with E-state index in [4.69, 9.17) is 9.84 Å². The molecule has 0 aromatic heterocycles. The van der Waals surface area contributed by atoms with Crippen LogP contribution in [0.15, 0.2) is 12.2 Å². The fraction of sp³-hybridized carbons (Fsp3) is 0.778. The summed E-state index contributed by atoms with van der Waals surface area (Å²) in [6.07, 6.45) is 16.9. The second-order valence-corrected chi connectivity index (χ2v) is 5.73. The maximum atomic E-state index is 11.1. The van der Waals surface area contributed by atoms with Gasteiger partial charge in [-0.1, -0.05) is 77.6 Å². The summed E-state index contributed by atoms with van der Waals surface area (Å²) in [4.78, 5) is 21.3. The number of hydrogen-bond donors (Lipinski definition) is 1. The van der Waals surface area contributed by atoms with Crippen molar-refractivity contribution < 1.29 is 19.4 Å². The van der Waals surface area contributed by atoms with Crippen LogP contribution in [0.1, 0.15) is 84.0 Å². The van der Waals surface area contributed by atoms with Gasteiger partial charge in [-0.25, -0.2) is 9.59 Å². The zero-order valence-corrected chi connectivity index (χ0v) is 14.0. The monoisotopic (exact) mass is 352 g/mol. The Morgan fingerprint density at radius 3 is 1.65 bits per heavy atom. The number of carboxylic acid groups (broad SMARTS) is 1. The molecule has 130 valence electrons. The number of carbonyl (C=O) groups is 2. The molecule has 0 atom stereocenters. The van der Waals surface area contributed by atoms with Gasteiger partial charge in [0, 0.05) is 12.2 Å². The van der Waals surface area contributed by atoms with E-state index in [9.17, 15) is 9.59 Å². The minimum atomic E-state index is -1.14. The first-order valence-electron chi connectivity index (χ1n) is 8.74. The van der Waals surface area contributed by atoms with E-state index in [1.807, 2.05) is 0 Å². The van der Waals surface area contributed by atoms with E-state index in [1.54, 1.807) is 0 Å². The summed E-state index contributed by atoms with van der Waals surface area (Å²) in [5, 5.41) is 8.35. The van der Waals surface area contributed by atoms with Gasteiger partial charge in [-0.05, 0) is 6.42 Å². The van der Waals surface area contributed by atoms with Crippen molar-refractivity contribution in [3.8, 4) is 0 Å². The number of carbonyl (C=O) groups excluding carboxylic acids is 1. The molecule has 0 unspecified atom stereocenters. The maximum absolute atomic E-state index is 11.1. The second kappa shape index (κ2) is 20.4. The Hall–Kier alpha value is 0.316. The van der Waals surface area contributed by atoms with Crippen molar-refractivity contribution in [2.75, 3.05) is 6.61 Å². The van der Waals surface area contributed by atoms with Gasteiger partial charge in [0.2, 0.25) is 0 Å². The standard InChI is InChI=1S/C18H32O4.K.H/c1-2-3-4-5-6-7-8-9-10-11-12-13-16-22-18(21)15-14-17(19)20;;/h14-15H,2-13,16H2,1H3,(H,19,20);;/b15-14+;;. The van der Waals surface area contributed by atoms with Crippen LogP contribution in [0, 0.1) is 0 Å². The summed E-state index contributed by atoms with van der Waals surface area (Å²) in [5.74, 6) is -1.72. The molecule has 0 spiro atoms. The molecule has 23 heavy (non-hydrogen) atoms. The Bertz CT molecular complexity index is 316. The molecule has 0 fully saturated rings. The molecular weight excluding hydrogens is 319 g/mol. The van der Waals surface area contributed by atoms with Crippen molar-refractivity contribution in [2.45, 2.75) is 84.0 Å². The zero-order chi connectivity index (χ0) is 16.5. The first-order chi connectivity index (χ1) is 10.7. The van der Waals surface area contributed by atoms with E-state index in [-0.39, 0.29) is 51.4 Å². The number of aliphatic carboxylic acids is 1. The second-order valence-electron chi connectivity index (χ2n) is 5.73. The molecule has 0 rings (SSSR count). The summed E-state index contributed by atoms with van der Waals surface area (Å²) in [7, 11) is 0. The molecule has 0 saturated carbocycles. The van der Waals surface area contributed by atoms with Crippen LogP contribution in [0.3, 0.4) is 0 Å². The Labute approximate surface area is 183 Å². The van der Waals surface area contributed by atoms with Crippen LogP contribution in [0.2, 0.25) is 0 Å². The third kappa shape index (κ3) is 22.3. The van der Waals surface area contributed by atoms with Crippen LogP contribution in [0.4, 0.5) is 0 Å². The zero-order valence-electron chi connectivity index (χ0n) is 14.0. The molecule has 1 N–H and O–H groups in total. The molecule has 0 aromatic rings. The number of hydrogen-bond acceptors (Lipinski definition) is 3. The van der Waals surface area contributed by atoms with Gasteiger partial charge in [-0.15, -0.1) is 0 Å². The topological polar surface area (TPSA) is 63.6 Å². The van der Waals surface area contributed by atoms with E-state index < -0.39 is 11.9 Å². The minimum absolute atomic E-state index is 0. The Kier molecular flexibility index (Phi) is 22.6. The number of rotatable bonds is 15. The normalized spacial score (nSPS) is 10.5. The average molecular weight is 353 g/mol. The number of unbranched alkanes of at least 4 members (excludes halogenated alkanes) is 11. The fourth-order valence-electron chi connectivity index (χ4n) is 2.30. The summed E-state index contributed by atoms with van der Waals surface area (Å²) in [5.41, 5.74) is 0. The van der Waals surface area contributed by atoms with Gasteiger partial charge in [-0.3, -0.25) is 0 Å².